The van der Waals surface area contributed by atoms with Gasteiger partial charge in [0.15, 0.2) is 5.60 Å². The molecule has 2 aromatic heterocycles. The minimum absolute atomic E-state index is 0.332. The Morgan fingerprint density at radius 3 is 2.96 bits per heavy atom. The summed E-state index contributed by atoms with van der Waals surface area (Å²) < 4.78 is 16.7. The molecule has 9 heteroatoms. The fourth-order valence-corrected chi connectivity index (χ4v) is 3.06. The second-order valence-electron chi connectivity index (χ2n) is 5.71. The summed E-state index contributed by atoms with van der Waals surface area (Å²) in [5.74, 6) is 0.869. The zero-order chi connectivity index (χ0) is 17.3. The molecule has 1 aromatic carbocycles. The Morgan fingerprint density at radius 2 is 2.16 bits per heavy atom. The molecule has 25 heavy (non-hydrogen) atoms. The highest BCUT2D eigenvalue weighted by Crippen LogP contribution is 2.33. The first-order chi connectivity index (χ1) is 12.2. The Hall–Kier alpha value is -2.29. The van der Waals surface area contributed by atoms with Crippen molar-refractivity contribution >= 4 is 28.3 Å². The van der Waals surface area contributed by atoms with Crippen molar-refractivity contribution in [3.63, 3.8) is 0 Å². The molecule has 4 rings (SSSR count). The van der Waals surface area contributed by atoms with Crippen LogP contribution in [-0.4, -0.2) is 40.5 Å². The van der Waals surface area contributed by atoms with Gasteiger partial charge in [0.2, 0.25) is 5.89 Å². The van der Waals surface area contributed by atoms with Crippen molar-refractivity contribution in [1.29, 1.82) is 0 Å². The molecule has 1 N–H and O–H groups in total. The van der Waals surface area contributed by atoms with E-state index in [-0.39, 0.29) is 0 Å². The highest BCUT2D eigenvalue weighted by atomic mass is 35.5. The number of hydrogen-bond acceptors (Lipinski definition) is 8. The van der Waals surface area contributed by atoms with E-state index in [0.717, 1.165) is 11.2 Å². The van der Waals surface area contributed by atoms with E-state index in [1.165, 1.54) is 0 Å². The third-order valence-electron chi connectivity index (χ3n) is 4.24. The zero-order valence-corrected chi connectivity index (χ0v) is 14.3. The maximum absolute atomic E-state index is 6.39. The van der Waals surface area contributed by atoms with Gasteiger partial charge in [-0.25, -0.2) is 0 Å². The Morgan fingerprint density at radius 1 is 1.28 bits per heavy atom. The molecule has 0 spiro atoms. The van der Waals surface area contributed by atoms with Gasteiger partial charge in [-0.15, -0.1) is 10.2 Å². The van der Waals surface area contributed by atoms with Crippen LogP contribution in [0.2, 0.25) is 5.02 Å². The lowest BCUT2D eigenvalue weighted by Crippen LogP contribution is -2.29. The van der Waals surface area contributed by atoms with Gasteiger partial charge in [-0.2, -0.15) is 0 Å². The number of methoxy groups -OCH3 is 1. The highest BCUT2D eigenvalue weighted by molar-refractivity contribution is 6.37. The summed E-state index contributed by atoms with van der Waals surface area (Å²) in [7, 11) is 1.62. The molecular formula is C16H16ClN5O3. The number of aromatic nitrogens is 4. The van der Waals surface area contributed by atoms with Crippen LogP contribution in [-0.2, 0) is 21.6 Å². The number of halogens is 1. The predicted octanol–water partition coefficient (Wildman–Crippen LogP) is 2.54. The molecule has 1 fully saturated rings. The molecule has 0 amide bonds. The standard InChI is InChI=1S/C16H16ClN5O3/c1-23-16(4-7-24-9-16)15-22-21-12(25-15)8-20-10-2-3-11-14(13(10)17)19-6-5-18-11/h2-3,5-6,20H,4,7-9H2,1H3. The summed E-state index contributed by atoms with van der Waals surface area (Å²) in [4.78, 5) is 8.48. The molecule has 130 valence electrons. The van der Waals surface area contributed by atoms with Crippen LogP contribution in [0, 0.1) is 0 Å². The van der Waals surface area contributed by atoms with Crippen LogP contribution < -0.4 is 5.32 Å². The second kappa shape index (κ2) is 6.55. The molecule has 3 aromatic rings. The molecule has 0 saturated carbocycles. The first kappa shape index (κ1) is 16.2. The number of nitrogens with zero attached hydrogens (tertiary/aromatic N) is 4. The molecule has 0 aliphatic carbocycles. The summed E-state index contributed by atoms with van der Waals surface area (Å²) in [5.41, 5.74) is 1.45. The lowest BCUT2D eigenvalue weighted by atomic mass is 10.0. The van der Waals surface area contributed by atoms with Crippen molar-refractivity contribution in [3.8, 4) is 0 Å². The number of hydrogen-bond donors (Lipinski definition) is 1. The van der Waals surface area contributed by atoms with Gasteiger partial charge in [-0.3, -0.25) is 9.97 Å². The molecule has 3 heterocycles. The molecule has 1 aliphatic heterocycles. The van der Waals surface area contributed by atoms with Gasteiger partial charge >= 0.3 is 0 Å². The number of benzene rings is 1. The normalized spacial score (nSPS) is 20.2. The SMILES string of the molecule is COC1(c2nnc(CNc3ccc4nccnc4c3Cl)o2)CCOC1. The lowest BCUT2D eigenvalue weighted by Gasteiger charge is -2.20. The van der Waals surface area contributed by atoms with Gasteiger partial charge in [0.25, 0.3) is 5.89 Å². The summed E-state index contributed by atoms with van der Waals surface area (Å²) in [5, 5.41) is 11.9. The van der Waals surface area contributed by atoms with Gasteiger partial charge < -0.3 is 19.2 Å². The number of rotatable bonds is 5. The van der Waals surface area contributed by atoms with Crippen molar-refractivity contribution in [1.82, 2.24) is 20.2 Å². The first-order valence-corrected chi connectivity index (χ1v) is 8.18. The van der Waals surface area contributed by atoms with Crippen LogP contribution in [0.5, 0.6) is 0 Å². The van der Waals surface area contributed by atoms with Gasteiger partial charge in [-0.1, -0.05) is 11.6 Å². The third-order valence-corrected chi connectivity index (χ3v) is 4.62. The maximum Gasteiger partial charge on any atom is 0.250 e. The van der Waals surface area contributed by atoms with Crippen LogP contribution in [0.4, 0.5) is 5.69 Å². The maximum atomic E-state index is 6.39. The van der Waals surface area contributed by atoms with Crippen molar-refractivity contribution in [2.45, 2.75) is 18.6 Å². The average molecular weight is 362 g/mol. The smallest absolute Gasteiger partial charge is 0.250 e. The molecule has 0 radical (unpaired) electrons. The van der Waals surface area contributed by atoms with Crippen molar-refractivity contribution in [3.05, 3.63) is 41.3 Å². The van der Waals surface area contributed by atoms with Crippen molar-refractivity contribution < 1.29 is 13.9 Å². The molecule has 1 saturated heterocycles. The number of ether oxygens (including phenoxy) is 2. The van der Waals surface area contributed by atoms with Gasteiger partial charge in [0, 0.05) is 25.9 Å². The molecule has 1 unspecified atom stereocenters. The van der Waals surface area contributed by atoms with E-state index in [1.54, 1.807) is 19.5 Å². The monoisotopic (exact) mass is 361 g/mol. The molecule has 0 bridgehead atoms. The Balaban J connectivity index is 1.52. The number of nitrogens with one attached hydrogen (secondary N) is 1. The highest BCUT2D eigenvalue weighted by Gasteiger charge is 2.42. The largest absolute Gasteiger partial charge is 0.420 e. The topological polar surface area (TPSA) is 95.2 Å². The van der Waals surface area contributed by atoms with Gasteiger partial charge in [0.05, 0.1) is 36.0 Å². The third kappa shape index (κ3) is 2.92. The van der Waals surface area contributed by atoms with E-state index in [9.17, 15) is 0 Å². The fraction of sp³-hybridized carbons (Fsp3) is 0.375. The minimum Gasteiger partial charge on any atom is -0.420 e. The van der Waals surface area contributed by atoms with E-state index >= 15 is 0 Å². The van der Waals surface area contributed by atoms with Crippen molar-refractivity contribution in [2.24, 2.45) is 0 Å². The molecule has 1 atom stereocenters. The first-order valence-electron chi connectivity index (χ1n) is 7.81. The van der Waals surface area contributed by atoms with Crippen LogP contribution in [0.1, 0.15) is 18.2 Å². The minimum atomic E-state index is -0.651. The molecule has 8 nitrogen and oxygen atoms in total. The Kier molecular flexibility index (Phi) is 4.24. The Labute approximate surface area is 148 Å². The summed E-state index contributed by atoms with van der Waals surface area (Å²) >= 11 is 6.39. The molecule has 1 aliphatic rings. The molecular weight excluding hydrogens is 346 g/mol. The van der Waals surface area contributed by atoms with Gasteiger partial charge in [-0.05, 0) is 12.1 Å². The number of anilines is 1. The van der Waals surface area contributed by atoms with Crippen LogP contribution in [0.25, 0.3) is 11.0 Å². The van der Waals surface area contributed by atoms with Gasteiger partial charge in [0.1, 0.15) is 5.52 Å². The lowest BCUT2D eigenvalue weighted by molar-refractivity contribution is -0.0416. The summed E-state index contributed by atoms with van der Waals surface area (Å²) in [6, 6.07) is 3.70. The average Bonchev–Trinajstić information content (AvgIpc) is 3.31. The number of fused-ring (bicyclic) bond motifs is 1. The van der Waals surface area contributed by atoms with E-state index in [4.69, 9.17) is 25.5 Å². The summed E-state index contributed by atoms with van der Waals surface area (Å²) in [6.45, 7) is 1.35. The zero-order valence-electron chi connectivity index (χ0n) is 13.5. The van der Waals surface area contributed by atoms with E-state index in [0.29, 0.717) is 48.5 Å². The van der Waals surface area contributed by atoms with E-state index in [2.05, 4.69) is 25.5 Å². The van der Waals surface area contributed by atoms with Crippen LogP contribution in [0.15, 0.2) is 28.9 Å². The van der Waals surface area contributed by atoms with E-state index in [1.807, 2.05) is 12.1 Å². The van der Waals surface area contributed by atoms with Crippen LogP contribution >= 0.6 is 11.6 Å². The predicted molar refractivity (Wildman–Crippen MR) is 90.3 cm³/mol. The summed E-state index contributed by atoms with van der Waals surface area (Å²) in [6.07, 6.45) is 3.92. The fourth-order valence-electron chi connectivity index (χ4n) is 2.78. The van der Waals surface area contributed by atoms with Crippen molar-refractivity contribution in [2.75, 3.05) is 25.6 Å². The Bertz CT molecular complexity index is 894. The second-order valence-corrected chi connectivity index (χ2v) is 6.08. The quantitative estimate of drug-likeness (QED) is 0.740. The van der Waals surface area contributed by atoms with E-state index < -0.39 is 5.60 Å². The van der Waals surface area contributed by atoms with Crippen LogP contribution in [0.3, 0.4) is 0 Å².